The molecule has 1 unspecified atom stereocenters. The first kappa shape index (κ1) is 19.8. The number of ether oxygens (including phenoxy) is 1. The van der Waals surface area contributed by atoms with Crippen molar-refractivity contribution in [2.45, 2.75) is 32.2 Å². The minimum absolute atomic E-state index is 0. The van der Waals surface area contributed by atoms with E-state index in [1.807, 2.05) is 18.2 Å². The molecule has 1 aliphatic rings. The maximum Gasteiger partial charge on any atom is 0.227 e. The summed E-state index contributed by atoms with van der Waals surface area (Å²) in [5, 5.41) is 6.91. The minimum Gasteiger partial charge on any atom is -0.378 e. The van der Waals surface area contributed by atoms with Gasteiger partial charge in [0.2, 0.25) is 5.91 Å². The molecule has 7 heteroatoms. The predicted molar refractivity (Wildman–Crippen MR) is 105 cm³/mol. The molecule has 0 spiro atoms. The van der Waals surface area contributed by atoms with E-state index in [0.717, 1.165) is 17.8 Å². The highest BCUT2D eigenvalue weighted by atomic mass is 35.5. The highest BCUT2D eigenvalue weighted by molar-refractivity contribution is 7.16. The van der Waals surface area contributed by atoms with E-state index in [0.29, 0.717) is 30.7 Å². The molecule has 1 fully saturated rings. The molecule has 2 N–H and O–H groups in total. The summed E-state index contributed by atoms with van der Waals surface area (Å²) in [5.41, 5.74) is 2.05. The standard InChI is InChI=1S/C18H23N3O2S.ClH/c1-12(2)17-16(13-6-4-3-5-7-13)21-18(24-17)20-15(22)10-14-11-23-9-8-19-14;/h3-7,12,14,19H,8-11H2,1-2H3,(H,20,21,22);1H. The molecule has 1 aliphatic heterocycles. The van der Waals surface area contributed by atoms with Crippen LogP contribution in [0.15, 0.2) is 30.3 Å². The molecular formula is C18H24ClN3O2S. The lowest BCUT2D eigenvalue weighted by molar-refractivity contribution is -0.117. The number of hydrogen-bond donors (Lipinski definition) is 2. The summed E-state index contributed by atoms with van der Waals surface area (Å²) >= 11 is 1.56. The third kappa shape index (κ3) is 5.25. The van der Waals surface area contributed by atoms with E-state index >= 15 is 0 Å². The van der Waals surface area contributed by atoms with Crippen LogP contribution >= 0.6 is 23.7 Å². The Kier molecular flexibility index (Phi) is 7.38. The first-order valence-corrected chi connectivity index (χ1v) is 9.12. The van der Waals surface area contributed by atoms with Crippen LogP contribution in [0.3, 0.4) is 0 Å². The number of halogens is 1. The van der Waals surface area contributed by atoms with Crippen LogP contribution in [-0.2, 0) is 9.53 Å². The second-order valence-electron chi connectivity index (χ2n) is 6.23. The Hall–Kier alpha value is -1.47. The predicted octanol–water partition coefficient (Wildman–Crippen LogP) is 3.67. The number of amides is 1. The average Bonchev–Trinajstić information content (AvgIpc) is 3.00. The maximum absolute atomic E-state index is 12.3. The van der Waals surface area contributed by atoms with Crippen molar-refractivity contribution in [3.63, 3.8) is 0 Å². The van der Waals surface area contributed by atoms with Crippen molar-refractivity contribution in [1.82, 2.24) is 10.3 Å². The Bertz CT molecular complexity index is 685. The highest BCUT2D eigenvalue weighted by Gasteiger charge is 2.20. The molecule has 3 rings (SSSR count). The number of carbonyl (C=O) groups excluding carboxylic acids is 1. The zero-order chi connectivity index (χ0) is 16.9. The molecule has 1 atom stereocenters. The summed E-state index contributed by atoms with van der Waals surface area (Å²) in [5.74, 6) is 0.332. The normalized spacial score (nSPS) is 17.2. The highest BCUT2D eigenvalue weighted by Crippen LogP contribution is 2.36. The van der Waals surface area contributed by atoms with Gasteiger partial charge in [-0.25, -0.2) is 4.98 Å². The molecule has 0 saturated carbocycles. The lowest BCUT2D eigenvalue weighted by atomic mass is 10.1. The quantitative estimate of drug-likeness (QED) is 0.829. The number of morpholine rings is 1. The summed E-state index contributed by atoms with van der Waals surface area (Å²) in [7, 11) is 0. The van der Waals surface area contributed by atoms with Crippen LogP contribution in [0.5, 0.6) is 0 Å². The molecule has 1 aromatic carbocycles. The van der Waals surface area contributed by atoms with Crippen molar-refractivity contribution in [2.75, 3.05) is 25.1 Å². The Morgan fingerprint density at radius 1 is 1.40 bits per heavy atom. The second kappa shape index (κ2) is 9.29. The number of hydrogen-bond acceptors (Lipinski definition) is 5. The third-order valence-electron chi connectivity index (χ3n) is 3.90. The molecule has 1 saturated heterocycles. The fourth-order valence-corrected chi connectivity index (χ4v) is 3.73. The number of rotatable bonds is 5. The molecule has 1 amide bonds. The van der Waals surface area contributed by atoms with Gasteiger partial charge < -0.3 is 15.4 Å². The van der Waals surface area contributed by atoms with Gasteiger partial charge in [-0.1, -0.05) is 44.2 Å². The van der Waals surface area contributed by atoms with Crippen molar-refractivity contribution in [2.24, 2.45) is 0 Å². The van der Waals surface area contributed by atoms with Crippen LogP contribution in [0.1, 0.15) is 31.1 Å². The minimum atomic E-state index is -0.0262. The van der Waals surface area contributed by atoms with Gasteiger partial charge in [0.25, 0.3) is 0 Å². The lowest BCUT2D eigenvalue weighted by Crippen LogP contribution is -2.43. The number of thiazole rings is 1. The SMILES string of the molecule is CC(C)c1sc(NC(=O)CC2COCCN2)nc1-c1ccccc1.Cl. The van der Waals surface area contributed by atoms with E-state index < -0.39 is 0 Å². The molecular weight excluding hydrogens is 358 g/mol. The number of carbonyl (C=O) groups is 1. The second-order valence-corrected chi connectivity index (χ2v) is 7.26. The number of anilines is 1. The molecule has 136 valence electrons. The lowest BCUT2D eigenvalue weighted by Gasteiger charge is -2.22. The van der Waals surface area contributed by atoms with Crippen LogP contribution < -0.4 is 10.6 Å². The van der Waals surface area contributed by atoms with E-state index in [1.165, 1.54) is 4.88 Å². The largest absolute Gasteiger partial charge is 0.378 e. The monoisotopic (exact) mass is 381 g/mol. The van der Waals surface area contributed by atoms with Gasteiger partial charge in [0.1, 0.15) is 0 Å². The van der Waals surface area contributed by atoms with Gasteiger partial charge in [-0.3, -0.25) is 4.79 Å². The van der Waals surface area contributed by atoms with Crippen molar-refractivity contribution in [3.05, 3.63) is 35.2 Å². The van der Waals surface area contributed by atoms with Gasteiger partial charge >= 0.3 is 0 Å². The molecule has 2 aromatic rings. The van der Waals surface area contributed by atoms with Gasteiger partial charge in [-0.15, -0.1) is 23.7 Å². The summed E-state index contributed by atoms with van der Waals surface area (Å²) < 4.78 is 5.39. The maximum atomic E-state index is 12.3. The van der Waals surface area contributed by atoms with Crippen LogP contribution in [0.4, 0.5) is 5.13 Å². The third-order valence-corrected chi connectivity index (χ3v) is 5.17. The topological polar surface area (TPSA) is 63.2 Å². The van der Waals surface area contributed by atoms with Gasteiger partial charge in [-0.2, -0.15) is 0 Å². The fourth-order valence-electron chi connectivity index (χ4n) is 2.72. The van der Waals surface area contributed by atoms with E-state index in [1.54, 1.807) is 11.3 Å². The zero-order valence-electron chi connectivity index (χ0n) is 14.5. The molecule has 25 heavy (non-hydrogen) atoms. The first-order valence-electron chi connectivity index (χ1n) is 8.30. The summed E-state index contributed by atoms with van der Waals surface area (Å²) in [4.78, 5) is 18.1. The Morgan fingerprint density at radius 2 is 2.16 bits per heavy atom. The Labute approximate surface area is 158 Å². The number of aromatic nitrogens is 1. The van der Waals surface area contributed by atoms with E-state index in [-0.39, 0.29) is 24.4 Å². The van der Waals surface area contributed by atoms with Crippen LogP contribution in [0, 0.1) is 0 Å². The molecule has 1 aromatic heterocycles. The van der Waals surface area contributed by atoms with Crippen molar-refractivity contribution in [3.8, 4) is 11.3 Å². The first-order chi connectivity index (χ1) is 11.6. The number of nitrogens with one attached hydrogen (secondary N) is 2. The summed E-state index contributed by atoms with van der Waals surface area (Å²) in [6.07, 6.45) is 0.400. The van der Waals surface area contributed by atoms with Crippen LogP contribution in [-0.4, -0.2) is 36.7 Å². The van der Waals surface area contributed by atoms with Crippen LogP contribution in [0.2, 0.25) is 0 Å². The molecule has 0 aliphatic carbocycles. The van der Waals surface area contributed by atoms with Gasteiger partial charge in [0.05, 0.1) is 18.9 Å². The average molecular weight is 382 g/mol. The van der Waals surface area contributed by atoms with Crippen molar-refractivity contribution < 1.29 is 9.53 Å². The van der Waals surface area contributed by atoms with Crippen molar-refractivity contribution in [1.29, 1.82) is 0 Å². The van der Waals surface area contributed by atoms with Gasteiger partial charge in [0.15, 0.2) is 5.13 Å². The van der Waals surface area contributed by atoms with Crippen LogP contribution in [0.25, 0.3) is 11.3 Å². The smallest absolute Gasteiger partial charge is 0.227 e. The van der Waals surface area contributed by atoms with E-state index in [2.05, 4.69) is 41.6 Å². The molecule has 0 radical (unpaired) electrons. The number of nitrogens with zero attached hydrogens (tertiary/aromatic N) is 1. The van der Waals surface area contributed by atoms with Gasteiger partial charge in [-0.05, 0) is 5.92 Å². The summed E-state index contributed by atoms with van der Waals surface area (Å²) in [6, 6.07) is 10.2. The van der Waals surface area contributed by atoms with E-state index in [9.17, 15) is 4.79 Å². The molecule has 5 nitrogen and oxygen atoms in total. The number of benzene rings is 1. The van der Waals surface area contributed by atoms with Crippen molar-refractivity contribution >= 4 is 34.8 Å². The van der Waals surface area contributed by atoms with Gasteiger partial charge in [0, 0.05) is 29.4 Å². The molecule has 2 heterocycles. The Balaban J connectivity index is 0.00000225. The summed E-state index contributed by atoms with van der Waals surface area (Å²) in [6.45, 7) is 6.38. The molecule has 0 bridgehead atoms. The van der Waals surface area contributed by atoms with E-state index in [4.69, 9.17) is 4.74 Å². The Morgan fingerprint density at radius 3 is 2.80 bits per heavy atom. The fraction of sp³-hybridized carbons (Fsp3) is 0.444. The zero-order valence-corrected chi connectivity index (χ0v) is 16.1.